The Balaban J connectivity index is 2.47. The molecule has 0 unspecified atom stereocenters. The molecule has 1 radical (unpaired) electrons. The summed E-state index contributed by atoms with van der Waals surface area (Å²) in [5.74, 6) is 0. The van der Waals surface area contributed by atoms with Crippen LogP contribution in [0.25, 0.3) is 0 Å². The average Bonchev–Trinajstić information content (AvgIpc) is 2.18. The minimum Gasteiger partial charge on any atom is -0.387 e. The molecule has 1 atom stereocenters. The zero-order chi connectivity index (χ0) is 10.4. The summed E-state index contributed by atoms with van der Waals surface area (Å²) in [5, 5.41) is 13.5. The number of aliphatic hydroxyl groups excluding tert-OH is 1. The monoisotopic (exact) mass is 212 g/mol. The molecule has 1 aromatic rings. The first-order valence-electron chi connectivity index (χ1n) is 4.66. The molecule has 0 aliphatic heterocycles. The Hall–Kier alpha value is -0.570. The van der Waals surface area contributed by atoms with Crippen molar-refractivity contribution in [2.24, 2.45) is 0 Å². The second-order valence-electron chi connectivity index (χ2n) is 3.14. The van der Waals surface area contributed by atoms with Gasteiger partial charge in [0, 0.05) is 11.6 Å². The van der Waals surface area contributed by atoms with Gasteiger partial charge in [0.1, 0.15) is 0 Å². The molecule has 2 N–H and O–H groups in total. The number of benzene rings is 1. The Morgan fingerprint density at radius 3 is 3.00 bits per heavy atom. The third-order valence-electron chi connectivity index (χ3n) is 1.92. The molecule has 77 valence electrons. The Kier molecular flexibility index (Phi) is 4.94. The number of aliphatic hydroxyl groups is 1. The largest absolute Gasteiger partial charge is 0.387 e. The molecular weight excluding hydrogens is 198 g/mol. The van der Waals surface area contributed by atoms with E-state index < -0.39 is 6.10 Å². The number of rotatable bonds is 5. The van der Waals surface area contributed by atoms with Crippen LogP contribution >= 0.6 is 11.6 Å². The van der Waals surface area contributed by atoms with Gasteiger partial charge in [-0.25, -0.2) is 0 Å². The molecule has 14 heavy (non-hydrogen) atoms. The second-order valence-corrected chi connectivity index (χ2v) is 3.57. The lowest BCUT2D eigenvalue weighted by Gasteiger charge is -2.11. The van der Waals surface area contributed by atoms with Crippen LogP contribution in [0.1, 0.15) is 18.6 Å². The molecule has 0 aliphatic rings. The van der Waals surface area contributed by atoms with Crippen molar-refractivity contribution in [3.8, 4) is 0 Å². The lowest BCUT2D eigenvalue weighted by molar-refractivity contribution is 0.176. The van der Waals surface area contributed by atoms with E-state index in [1.807, 2.05) is 25.5 Å². The van der Waals surface area contributed by atoms with Gasteiger partial charge < -0.3 is 10.4 Å². The summed E-state index contributed by atoms with van der Waals surface area (Å²) in [6.07, 6.45) is 1.51. The zero-order valence-electron chi connectivity index (χ0n) is 8.20. The molecule has 3 heteroatoms. The molecular formula is C11H15ClNO. The minimum absolute atomic E-state index is 0.492. The summed E-state index contributed by atoms with van der Waals surface area (Å²) in [5.41, 5.74) is 0.848. The van der Waals surface area contributed by atoms with E-state index in [0.29, 0.717) is 11.6 Å². The lowest BCUT2D eigenvalue weighted by atomic mass is 10.1. The van der Waals surface area contributed by atoms with Crippen LogP contribution in [-0.4, -0.2) is 18.2 Å². The van der Waals surface area contributed by atoms with Crippen LogP contribution < -0.4 is 5.32 Å². The van der Waals surface area contributed by atoms with E-state index in [1.165, 1.54) is 0 Å². The molecule has 0 aliphatic carbocycles. The van der Waals surface area contributed by atoms with Gasteiger partial charge in [0.25, 0.3) is 0 Å². The van der Waals surface area contributed by atoms with E-state index in [4.69, 9.17) is 11.6 Å². The molecule has 0 saturated heterocycles. The number of hydrogen-bond acceptors (Lipinski definition) is 2. The minimum atomic E-state index is -0.492. The highest BCUT2D eigenvalue weighted by molar-refractivity contribution is 6.30. The molecule has 0 saturated carbocycles. The summed E-state index contributed by atoms with van der Waals surface area (Å²) in [7, 11) is 0. The maximum atomic E-state index is 9.74. The SMILES string of the molecule is C[CH]CNC[C@H](O)c1cccc(Cl)c1. The summed E-state index contributed by atoms with van der Waals surface area (Å²) < 4.78 is 0. The maximum Gasteiger partial charge on any atom is 0.0914 e. The van der Waals surface area contributed by atoms with Crippen molar-refractivity contribution in [2.75, 3.05) is 13.1 Å². The molecule has 0 spiro atoms. The van der Waals surface area contributed by atoms with Crippen LogP contribution in [-0.2, 0) is 0 Å². The highest BCUT2D eigenvalue weighted by Crippen LogP contribution is 2.16. The number of hydrogen-bond donors (Lipinski definition) is 2. The third kappa shape index (κ3) is 3.66. The Morgan fingerprint density at radius 1 is 1.57 bits per heavy atom. The molecule has 0 aromatic heterocycles. The predicted octanol–water partition coefficient (Wildman–Crippen LogP) is 2.19. The Bertz CT molecular complexity index is 278. The zero-order valence-corrected chi connectivity index (χ0v) is 8.96. The second kappa shape index (κ2) is 6.02. The van der Waals surface area contributed by atoms with Gasteiger partial charge in [-0.3, -0.25) is 0 Å². The van der Waals surface area contributed by atoms with Crippen molar-refractivity contribution < 1.29 is 5.11 Å². The normalized spacial score (nSPS) is 12.8. The van der Waals surface area contributed by atoms with E-state index in [9.17, 15) is 5.11 Å². The van der Waals surface area contributed by atoms with Crippen molar-refractivity contribution >= 4 is 11.6 Å². The smallest absolute Gasteiger partial charge is 0.0914 e. The van der Waals surface area contributed by atoms with Crippen molar-refractivity contribution in [1.82, 2.24) is 5.32 Å². The molecule has 0 amide bonds. The summed E-state index contributed by atoms with van der Waals surface area (Å²) >= 11 is 5.81. The first-order chi connectivity index (χ1) is 6.74. The molecule has 0 heterocycles. The van der Waals surface area contributed by atoms with E-state index >= 15 is 0 Å². The van der Waals surface area contributed by atoms with E-state index in [-0.39, 0.29) is 0 Å². The molecule has 1 aromatic carbocycles. The van der Waals surface area contributed by atoms with Gasteiger partial charge in [0.05, 0.1) is 6.10 Å². The highest BCUT2D eigenvalue weighted by Gasteiger charge is 2.06. The van der Waals surface area contributed by atoms with Gasteiger partial charge in [-0.2, -0.15) is 0 Å². The van der Waals surface area contributed by atoms with Gasteiger partial charge in [-0.05, 0) is 30.7 Å². The quantitative estimate of drug-likeness (QED) is 0.734. The van der Waals surface area contributed by atoms with Crippen LogP contribution in [0, 0.1) is 6.42 Å². The van der Waals surface area contributed by atoms with Crippen molar-refractivity contribution in [3.63, 3.8) is 0 Å². The Labute approximate surface area is 89.9 Å². The molecule has 0 bridgehead atoms. The summed E-state index contributed by atoms with van der Waals surface area (Å²) in [6.45, 7) is 3.32. The maximum absolute atomic E-state index is 9.74. The first-order valence-corrected chi connectivity index (χ1v) is 5.04. The fraction of sp³-hybridized carbons (Fsp3) is 0.364. The predicted molar refractivity (Wildman–Crippen MR) is 59.3 cm³/mol. The standard InChI is InChI=1S/C11H15ClNO/c1-2-6-13-8-11(14)9-4-3-5-10(12)7-9/h2-5,7,11,13-14H,6,8H2,1H3/t11-/m0/s1. The van der Waals surface area contributed by atoms with Gasteiger partial charge in [-0.15, -0.1) is 0 Å². The third-order valence-corrected chi connectivity index (χ3v) is 2.15. The van der Waals surface area contributed by atoms with Gasteiger partial charge in [0.15, 0.2) is 0 Å². The van der Waals surface area contributed by atoms with Crippen molar-refractivity contribution in [3.05, 3.63) is 41.3 Å². The van der Waals surface area contributed by atoms with Gasteiger partial charge in [0.2, 0.25) is 0 Å². The number of halogens is 1. The highest BCUT2D eigenvalue weighted by atomic mass is 35.5. The van der Waals surface area contributed by atoms with Crippen LogP contribution in [0.15, 0.2) is 24.3 Å². The summed E-state index contributed by atoms with van der Waals surface area (Å²) in [4.78, 5) is 0. The molecule has 2 nitrogen and oxygen atoms in total. The number of nitrogens with one attached hydrogen (secondary N) is 1. The lowest BCUT2D eigenvalue weighted by Crippen LogP contribution is -2.22. The fourth-order valence-corrected chi connectivity index (χ4v) is 1.39. The van der Waals surface area contributed by atoms with E-state index in [0.717, 1.165) is 12.1 Å². The van der Waals surface area contributed by atoms with Crippen LogP contribution in [0.2, 0.25) is 5.02 Å². The van der Waals surface area contributed by atoms with Crippen molar-refractivity contribution in [2.45, 2.75) is 13.0 Å². The van der Waals surface area contributed by atoms with Crippen LogP contribution in [0.4, 0.5) is 0 Å². The fourth-order valence-electron chi connectivity index (χ4n) is 1.20. The first kappa shape index (κ1) is 11.5. The summed E-state index contributed by atoms with van der Waals surface area (Å²) in [6, 6.07) is 7.29. The van der Waals surface area contributed by atoms with E-state index in [2.05, 4.69) is 5.32 Å². The van der Waals surface area contributed by atoms with Gasteiger partial charge >= 0.3 is 0 Å². The molecule has 1 rings (SSSR count). The average molecular weight is 213 g/mol. The van der Waals surface area contributed by atoms with Gasteiger partial charge in [-0.1, -0.05) is 30.7 Å². The van der Waals surface area contributed by atoms with E-state index in [1.54, 1.807) is 12.1 Å². The van der Waals surface area contributed by atoms with Crippen molar-refractivity contribution in [1.29, 1.82) is 0 Å². The van der Waals surface area contributed by atoms with Crippen LogP contribution in [0.3, 0.4) is 0 Å². The van der Waals surface area contributed by atoms with Crippen LogP contribution in [0.5, 0.6) is 0 Å². The topological polar surface area (TPSA) is 32.3 Å². The Morgan fingerprint density at radius 2 is 2.36 bits per heavy atom. The molecule has 0 fully saturated rings.